The average molecular weight is 464 g/mol. The van der Waals surface area contributed by atoms with E-state index < -0.39 is 24.1 Å². The monoisotopic (exact) mass is 463 g/mol. The van der Waals surface area contributed by atoms with Crippen LogP contribution in [0, 0.1) is 5.92 Å². The number of phenols is 1. The number of aromatic hydroxyl groups is 1. The van der Waals surface area contributed by atoms with Crippen molar-refractivity contribution in [2.45, 2.75) is 13.0 Å². The molecule has 0 fully saturated rings. The first-order chi connectivity index (χ1) is 13.8. The maximum absolute atomic E-state index is 12.5. The van der Waals surface area contributed by atoms with Gasteiger partial charge in [0, 0.05) is 33.8 Å². The lowest BCUT2D eigenvalue weighted by molar-refractivity contribution is -0.131. The first-order valence-electron chi connectivity index (χ1n) is 8.60. The molecular weight excluding hydrogens is 446 g/mol. The number of rotatable bonds is 6. The molecule has 9 heteroatoms. The number of aliphatic carboxylic acids is 1. The predicted molar refractivity (Wildman–Crippen MR) is 107 cm³/mol. The van der Waals surface area contributed by atoms with Gasteiger partial charge >= 0.3 is 12.1 Å². The van der Waals surface area contributed by atoms with E-state index in [-0.39, 0.29) is 12.5 Å². The Morgan fingerprint density at radius 2 is 1.97 bits per heavy atom. The van der Waals surface area contributed by atoms with E-state index in [1.807, 2.05) is 0 Å². The van der Waals surface area contributed by atoms with E-state index in [2.05, 4.69) is 21.2 Å². The zero-order chi connectivity index (χ0) is 21.0. The van der Waals surface area contributed by atoms with Gasteiger partial charge in [-0.25, -0.2) is 9.59 Å². The van der Waals surface area contributed by atoms with Crippen LogP contribution in [-0.4, -0.2) is 29.1 Å². The summed E-state index contributed by atoms with van der Waals surface area (Å²) in [4.78, 5) is 23.4. The molecule has 0 unspecified atom stereocenters. The van der Waals surface area contributed by atoms with Crippen LogP contribution in [-0.2, 0) is 9.53 Å². The van der Waals surface area contributed by atoms with E-state index in [0.29, 0.717) is 27.2 Å². The van der Waals surface area contributed by atoms with Crippen LogP contribution in [0.1, 0.15) is 18.6 Å². The Morgan fingerprint density at radius 3 is 2.72 bits per heavy atom. The lowest BCUT2D eigenvalue weighted by atomic mass is 9.96. The number of benzene rings is 2. The summed E-state index contributed by atoms with van der Waals surface area (Å²) in [7, 11) is 0. The number of carboxylic acid groups (broad SMARTS) is 1. The Kier molecular flexibility index (Phi) is 6.28. The van der Waals surface area contributed by atoms with Gasteiger partial charge in [-0.15, -0.1) is 0 Å². The zero-order valence-corrected chi connectivity index (χ0v) is 16.9. The van der Waals surface area contributed by atoms with Gasteiger partial charge < -0.3 is 24.4 Å². The molecular formula is C20H18BrNO7. The van der Waals surface area contributed by atoms with Crippen molar-refractivity contribution in [3.63, 3.8) is 0 Å². The molecule has 1 aliphatic rings. The highest BCUT2D eigenvalue weighted by molar-refractivity contribution is 9.10. The smallest absolute Gasteiger partial charge is 0.412 e. The van der Waals surface area contributed by atoms with Crippen molar-refractivity contribution in [1.29, 1.82) is 0 Å². The molecule has 0 saturated carbocycles. The Hall–Kier alpha value is -3.20. The number of halogens is 1. The molecule has 2 aromatic carbocycles. The number of carbonyl (C=O) groups excluding carboxylic acids is 1. The van der Waals surface area contributed by atoms with Crippen LogP contribution in [0.5, 0.6) is 17.2 Å². The molecule has 3 rings (SSSR count). The van der Waals surface area contributed by atoms with E-state index in [4.69, 9.17) is 19.3 Å². The van der Waals surface area contributed by atoms with Crippen molar-refractivity contribution in [2.24, 2.45) is 5.92 Å². The summed E-state index contributed by atoms with van der Waals surface area (Å²) in [6, 6.07) is 9.60. The van der Waals surface area contributed by atoms with Crippen LogP contribution < -0.4 is 14.8 Å². The normalized spacial score (nSPS) is 14.4. The molecule has 8 nitrogen and oxygen atoms in total. The van der Waals surface area contributed by atoms with Crippen LogP contribution in [0.4, 0.5) is 10.5 Å². The summed E-state index contributed by atoms with van der Waals surface area (Å²) in [5.41, 5.74) is 0.771. The number of ether oxygens (including phenoxy) is 3. The number of anilines is 1. The van der Waals surface area contributed by atoms with Crippen molar-refractivity contribution in [2.75, 3.05) is 12.1 Å². The zero-order valence-electron chi connectivity index (χ0n) is 15.3. The van der Waals surface area contributed by atoms with Crippen LogP contribution in [0.3, 0.4) is 0 Å². The fourth-order valence-electron chi connectivity index (χ4n) is 2.78. The van der Waals surface area contributed by atoms with E-state index in [1.54, 1.807) is 37.3 Å². The van der Waals surface area contributed by atoms with Crippen LogP contribution in [0.2, 0.25) is 0 Å². The molecule has 0 radical (unpaired) electrons. The fourth-order valence-corrected chi connectivity index (χ4v) is 3.16. The average Bonchev–Trinajstić information content (AvgIpc) is 3.14. The van der Waals surface area contributed by atoms with Crippen molar-refractivity contribution < 1.29 is 34.0 Å². The molecule has 0 spiro atoms. The second-order valence-corrected chi connectivity index (χ2v) is 7.19. The molecule has 0 saturated heterocycles. The lowest BCUT2D eigenvalue weighted by Gasteiger charge is -2.23. The third-order valence-corrected chi connectivity index (χ3v) is 4.66. The third kappa shape index (κ3) is 5.20. The highest BCUT2D eigenvalue weighted by Crippen LogP contribution is 2.37. The van der Waals surface area contributed by atoms with E-state index in [9.17, 15) is 14.7 Å². The number of phenolic OH excluding ortho intramolecular Hbond substituents is 1. The predicted octanol–water partition coefficient (Wildman–Crippen LogP) is 4.45. The molecule has 3 N–H and O–H groups in total. The lowest BCUT2D eigenvalue weighted by Crippen LogP contribution is -2.21. The SMILES string of the molecule is C[C@@H](/C=C/C(=O)O)[C@H](OC(=O)Nc1ccc2c(c1)OCO2)c1cc(Br)ccc1O. The maximum Gasteiger partial charge on any atom is 0.412 e. The maximum atomic E-state index is 12.5. The Bertz CT molecular complexity index is 960. The Morgan fingerprint density at radius 1 is 1.21 bits per heavy atom. The number of carbonyl (C=O) groups is 2. The highest BCUT2D eigenvalue weighted by atomic mass is 79.9. The van der Waals surface area contributed by atoms with Crippen molar-refractivity contribution in [1.82, 2.24) is 0 Å². The minimum atomic E-state index is -1.13. The first-order valence-corrected chi connectivity index (χ1v) is 9.39. The molecule has 1 amide bonds. The summed E-state index contributed by atoms with van der Waals surface area (Å²) < 4.78 is 16.7. The van der Waals surface area contributed by atoms with Crippen LogP contribution in [0.25, 0.3) is 0 Å². The topological polar surface area (TPSA) is 114 Å². The Balaban J connectivity index is 1.81. The number of hydrogen-bond donors (Lipinski definition) is 3. The largest absolute Gasteiger partial charge is 0.508 e. The van der Waals surface area contributed by atoms with Crippen LogP contribution in [0.15, 0.2) is 53.0 Å². The summed E-state index contributed by atoms with van der Waals surface area (Å²) in [6.45, 7) is 1.79. The third-order valence-electron chi connectivity index (χ3n) is 4.17. The molecule has 0 bridgehead atoms. The van der Waals surface area contributed by atoms with Gasteiger partial charge in [0.1, 0.15) is 11.9 Å². The van der Waals surface area contributed by atoms with E-state index >= 15 is 0 Å². The highest BCUT2D eigenvalue weighted by Gasteiger charge is 2.26. The summed E-state index contributed by atoms with van der Waals surface area (Å²) in [5.74, 6) is -0.660. The van der Waals surface area contributed by atoms with E-state index in [0.717, 1.165) is 6.08 Å². The fraction of sp³-hybridized carbons (Fsp3) is 0.200. The second-order valence-electron chi connectivity index (χ2n) is 6.28. The second kappa shape index (κ2) is 8.87. The number of fused-ring (bicyclic) bond motifs is 1. The standard InChI is InChI=1S/C20H18BrNO7/c1-11(2-7-18(24)25)19(14-8-12(21)3-5-15(14)23)29-20(26)22-13-4-6-16-17(9-13)28-10-27-16/h2-9,11,19,23H,10H2,1H3,(H,22,26)(H,24,25)/b7-2+/t11-,19-/m0/s1. The van der Waals surface area contributed by atoms with Gasteiger partial charge in [-0.1, -0.05) is 28.9 Å². The van der Waals surface area contributed by atoms with Crippen molar-refractivity contribution >= 4 is 33.7 Å². The van der Waals surface area contributed by atoms with Crippen molar-refractivity contribution in [3.05, 3.63) is 58.6 Å². The number of carboxylic acids is 1. The van der Waals surface area contributed by atoms with Gasteiger partial charge in [-0.3, -0.25) is 5.32 Å². The number of hydrogen-bond acceptors (Lipinski definition) is 6. The number of amides is 1. The first kappa shape index (κ1) is 20.5. The minimum Gasteiger partial charge on any atom is -0.508 e. The van der Waals surface area contributed by atoms with Gasteiger partial charge in [0.05, 0.1) is 0 Å². The van der Waals surface area contributed by atoms with Gasteiger partial charge in [0.15, 0.2) is 11.5 Å². The molecule has 2 atom stereocenters. The van der Waals surface area contributed by atoms with Gasteiger partial charge in [-0.05, 0) is 30.3 Å². The van der Waals surface area contributed by atoms with Crippen molar-refractivity contribution in [3.8, 4) is 17.2 Å². The molecule has 1 aliphatic heterocycles. The number of nitrogens with one attached hydrogen (secondary N) is 1. The molecule has 1 heterocycles. The minimum absolute atomic E-state index is 0.0790. The molecule has 29 heavy (non-hydrogen) atoms. The van der Waals surface area contributed by atoms with Gasteiger partial charge in [0.25, 0.3) is 0 Å². The Labute approximate surface area is 174 Å². The molecule has 0 aromatic heterocycles. The summed E-state index contributed by atoms with van der Waals surface area (Å²) in [5, 5.41) is 21.7. The quantitative estimate of drug-likeness (QED) is 0.542. The van der Waals surface area contributed by atoms with Gasteiger partial charge in [-0.2, -0.15) is 0 Å². The summed E-state index contributed by atoms with van der Waals surface area (Å²) >= 11 is 3.32. The molecule has 0 aliphatic carbocycles. The molecule has 152 valence electrons. The molecule has 2 aromatic rings. The van der Waals surface area contributed by atoms with Gasteiger partial charge in [0.2, 0.25) is 6.79 Å². The van der Waals surface area contributed by atoms with E-state index in [1.165, 1.54) is 12.1 Å². The summed E-state index contributed by atoms with van der Waals surface area (Å²) in [6.07, 6.45) is 0.647. The van der Waals surface area contributed by atoms with Crippen LogP contribution >= 0.6 is 15.9 Å².